The summed E-state index contributed by atoms with van der Waals surface area (Å²) in [4.78, 5) is 0. The molecule has 8 bridgehead atoms. The number of aliphatic hydroxyl groups is 2. The number of fused-ring (bicyclic) bond motifs is 13. The lowest BCUT2D eigenvalue weighted by Gasteiger charge is -2.63. The first-order valence-electron chi connectivity index (χ1n) is 22.8. The lowest BCUT2D eigenvalue weighted by Crippen LogP contribution is -2.64. The predicted octanol–water partition coefficient (Wildman–Crippen LogP) is 9.50. The highest BCUT2D eigenvalue weighted by molar-refractivity contribution is 5.45. The van der Waals surface area contributed by atoms with Crippen molar-refractivity contribution in [3.8, 4) is 0 Å². The third-order valence-corrected chi connectivity index (χ3v) is 19.3. The van der Waals surface area contributed by atoms with E-state index in [2.05, 4.69) is 75.2 Å². The fourth-order valence-electron chi connectivity index (χ4n) is 17.5. The highest BCUT2D eigenvalue weighted by atomic mass is 16.3. The van der Waals surface area contributed by atoms with Crippen LogP contribution >= 0.6 is 0 Å². The number of piperidine rings is 1. The summed E-state index contributed by atoms with van der Waals surface area (Å²) in [6.45, 7) is 17.4. The van der Waals surface area contributed by atoms with E-state index in [-0.39, 0.29) is 29.2 Å². The number of hydrogen-bond acceptors (Lipinski definition) is 4. The molecule has 4 heteroatoms. The molecule has 1 aromatic rings. The molecule has 6 saturated carbocycles. The summed E-state index contributed by atoms with van der Waals surface area (Å²) in [5, 5.41) is 29.8. The van der Waals surface area contributed by atoms with Gasteiger partial charge in [-0.15, -0.1) is 0 Å². The van der Waals surface area contributed by atoms with Gasteiger partial charge in [0.05, 0.1) is 12.2 Å². The molecule has 9 aliphatic rings. The lowest BCUT2D eigenvalue weighted by atomic mass is 9.41. The second kappa shape index (κ2) is 12.9. The van der Waals surface area contributed by atoms with E-state index < -0.39 is 0 Å². The van der Waals surface area contributed by atoms with Crippen LogP contribution in [0.4, 0.5) is 0 Å². The van der Waals surface area contributed by atoms with Crippen molar-refractivity contribution in [1.82, 2.24) is 10.6 Å². The van der Waals surface area contributed by atoms with Crippen molar-refractivity contribution in [3.63, 3.8) is 0 Å². The Hall–Kier alpha value is -1.72. The molecule has 4 nitrogen and oxygen atoms in total. The second-order valence-electron chi connectivity index (χ2n) is 22.1. The highest BCUT2D eigenvalue weighted by Gasteiger charge is 2.69. The van der Waals surface area contributed by atoms with Gasteiger partial charge in [0.2, 0.25) is 0 Å². The zero-order valence-electron chi connectivity index (χ0n) is 34.4. The maximum absolute atomic E-state index is 11.6. The van der Waals surface area contributed by atoms with Crippen LogP contribution in [-0.2, 0) is 12.8 Å². The van der Waals surface area contributed by atoms with Gasteiger partial charge < -0.3 is 20.8 Å². The molecular formula is C50H72N2O2. The Bertz CT molecular complexity index is 1730. The molecular weight excluding hydrogens is 661 g/mol. The monoisotopic (exact) mass is 733 g/mol. The van der Waals surface area contributed by atoms with E-state index >= 15 is 0 Å². The fourth-order valence-corrected chi connectivity index (χ4v) is 17.5. The molecule has 1 saturated heterocycles. The average molecular weight is 733 g/mol. The van der Waals surface area contributed by atoms with Gasteiger partial charge in [0.1, 0.15) is 0 Å². The van der Waals surface area contributed by atoms with E-state index in [1.807, 2.05) is 6.92 Å². The number of hydrogen-bond donors (Lipinski definition) is 4. The Morgan fingerprint density at radius 3 is 2.50 bits per heavy atom. The number of rotatable bonds is 4. The van der Waals surface area contributed by atoms with Crippen LogP contribution in [0.3, 0.4) is 0 Å². The van der Waals surface area contributed by atoms with Gasteiger partial charge in [-0.2, -0.15) is 0 Å². The van der Waals surface area contributed by atoms with Crippen LogP contribution in [0.25, 0.3) is 0 Å². The van der Waals surface area contributed by atoms with Gasteiger partial charge in [0, 0.05) is 24.2 Å². The number of aliphatic hydroxyl groups excluding tert-OH is 2. The highest BCUT2D eigenvalue weighted by Crippen LogP contribution is 2.77. The van der Waals surface area contributed by atoms with Crippen molar-refractivity contribution in [3.05, 3.63) is 70.3 Å². The number of allylic oxidation sites excluding steroid dienone is 4. The van der Waals surface area contributed by atoms with Crippen molar-refractivity contribution < 1.29 is 10.2 Å². The lowest BCUT2D eigenvalue weighted by molar-refractivity contribution is -0.0732. The summed E-state index contributed by atoms with van der Waals surface area (Å²) in [7, 11) is 0. The first-order valence-corrected chi connectivity index (χ1v) is 22.8. The van der Waals surface area contributed by atoms with Crippen molar-refractivity contribution in [2.24, 2.45) is 63.6 Å². The Kier molecular flexibility index (Phi) is 8.74. The van der Waals surface area contributed by atoms with Crippen molar-refractivity contribution in [2.75, 3.05) is 6.54 Å². The normalized spacial score (nSPS) is 47.8. The Labute approximate surface area is 327 Å². The van der Waals surface area contributed by atoms with Crippen molar-refractivity contribution >= 4 is 0 Å². The second-order valence-corrected chi connectivity index (χ2v) is 22.1. The van der Waals surface area contributed by atoms with Gasteiger partial charge in [-0.1, -0.05) is 79.0 Å². The van der Waals surface area contributed by atoms with Crippen LogP contribution in [-0.4, -0.2) is 46.6 Å². The van der Waals surface area contributed by atoms with Crippen LogP contribution < -0.4 is 10.6 Å². The minimum Gasteiger partial charge on any atom is -0.392 e. The van der Waals surface area contributed by atoms with Crippen LogP contribution in [0.15, 0.2) is 59.2 Å². The van der Waals surface area contributed by atoms with Gasteiger partial charge in [-0.25, -0.2) is 0 Å². The molecule has 1 aromatic carbocycles. The Morgan fingerprint density at radius 2 is 1.74 bits per heavy atom. The number of benzene rings is 1. The largest absolute Gasteiger partial charge is 0.392 e. The van der Waals surface area contributed by atoms with Gasteiger partial charge in [0.15, 0.2) is 0 Å². The van der Waals surface area contributed by atoms with E-state index in [4.69, 9.17) is 0 Å². The van der Waals surface area contributed by atoms with Crippen LogP contribution in [0.1, 0.15) is 136 Å². The quantitative estimate of drug-likeness (QED) is 0.233. The summed E-state index contributed by atoms with van der Waals surface area (Å²) >= 11 is 0. The summed E-state index contributed by atoms with van der Waals surface area (Å²) in [6.07, 6.45) is 22.7. The standard InChI is InChI=1S/C50H72N2O2/c1-29(2)38-20-41-30(3)14-39-26-47(41,5)50(27-38)25-34(24-49(50)12-7-8-13-49)16-32-10-9-11-33(15-32)17-36-22-43(39)52-48(6)42(36)19-37-18-35-21-44(51-28-31(4)53)45(54)23-40(35)46(37)48/h9-11,14-15,31,34-38,40,42-46,51-54H,1,7-8,12-13,16-28H2,2-6H3/t31-,34+,35-,36+,37-,38-,40-,42+,43-,44-,45+,46-,47-,48+,50-/m0/s1. The summed E-state index contributed by atoms with van der Waals surface area (Å²) in [5.74, 6) is 5.33. The van der Waals surface area contributed by atoms with Gasteiger partial charge in [0.25, 0.3) is 0 Å². The topological polar surface area (TPSA) is 64.5 Å². The minimum absolute atomic E-state index is 0.0754. The summed E-state index contributed by atoms with van der Waals surface area (Å²) in [5.41, 5.74) is 10.8. The molecule has 0 radical (unpaired) electrons. The predicted molar refractivity (Wildman–Crippen MR) is 220 cm³/mol. The summed E-state index contributed by atoms with van der Waals surface area (Å²) in [6, 6.07) is 10.5. The first-order chi connectivity index (χ1) is 25.8. The van der Waals surface area contributed by atoms with Gasteiger partial charge >= 0.3 is 0 Å². The van der Waals surface area contributed by atoms with Gasteiger partial charge in [-0.3, -0.25) is 0 Å². The molecule has 1 heterocycles. The third kappa shape index (κ3) is 5.34. The maximum atomic E-state index is 11.6. The Balaban J connectivity index is 1.07. The molecule has 8 aliphatic carbocycles. The molecule has 2 spiro atoms. The van der Waals surface area contributed by atoms with Crippen LogP contribution in [0, 0.1) is 63.6 Å². The van der Waals surface area contributed by atoms with E-state index in [1.165, 1.54) is 95.5 Å². The molecule has 7 fully saturated rings. The molecule has 0 amide bonds. The molecule has 294 valence electrons. The van der Waals surface area contributed by atoms with E-state index in [0.717, 1.165) is 24.7 Å². The molecule has 0 aromatic heterocycles. The average Bonchev–Trinajstić information content (AvgIpc) is 3.87. The fraction of sp³-hybridized carbons (Fsp3) is 0.760. The molecule has 0 unspecified atom stereocenters. The van der Waals surface area contributed by atoms with E-state index in [0.29, 0.717) is 58.9 Å². The third-order valence-electron chi connectivity index (χ3n) is 19.3. The Morgan fingerprint density at radius 1 is 0.963 bits per heavy atom. The van der Waals surface area contributed by atoms with Crippen LogP contribution in [0.2, 0.25) is 0 Å². The molecule has 54 heavy (non-hydrogen) atoms. The minimum atomic E-state index is -0.381. The van der Waals surface area contributed by atoms with E-state index in [9.17, 15) is 10.2 Å². The SMILES string of the molecule is C=C(C)[C@H]1CC2=C(C)C=C3C[C@]2(C)[C@]2(C[C@H](Cc4cccc(c4)C[C@@H]4C[C@@H]3N[C@@]3(C)[C@H]5[C@@H](C[C@H]6C[C@H](NC[C@H](C)O)[C@H](O)C[C@@H]65)C[C@H]43)CC23CCCC3)C1. The smallest absolute Gasteiger partial charge is 0.0696 e. The molecule has 15 atom stereocenters. The van der Waals surface area contributed by atoms with Crippen LogP contribution in [0.5, 0.6) is 0 Å². The zero-order valence-corrected chi connectivity index (χ0v) is 34.4. The first kappa shape index (κ1) is 36.6. The molecule has 1 aliphatic heterocycles. The molecule has 4 N–H and O–H groups in total. The van der Waals surface area contributed by atoms with Crippen molar-refractivity contribution in [1.29, 1.82) is 0 Å². The van der Waals surface area contributed by atoms with Gasteiger partial charge in [-0.05, 0) is 192 Å². The maximum Gasteiger partial charge on any atom is 0.0696 e. The zero-order chi connectivity index (χ0) is 37.4. The van der Waals surface area contributed by atoms with E-state index in [1.54, 1.807) is 27.8 Å². The summed E-state index contributed by atoms with van der Waals surface area (Å²) < 4.78 is 0. The van der Waals surface area contributed by atoms with Crippen molar-refractivity contribution in [2.45, 2.75) is 167 Å². The molecule has 10 rings (SSSR count). The number of nitrogens with one attached hydrogen (secondary N) is 2.